The Hall–Kier alpha value is -1.56. The fraction of sp³-hybridized carbons (Fsp3) is 0.250. The molecule has 0 spiro atoms. The molecule has 1 aliphatic heterocycles. The van der Waals surface area contributed by atoms with Crippen molar-refractivity contribution in [2.45, 2.75) is 25.5 Å². The molecule has 0 radical (unpaired) electrons. The van der Waals surface area contributed by atoms with Crippen LogP contribution in [-0.4, -0.2) is 17.7 Å². The second-order valence-corrected chi connectivity index (χ2v) is 7.37. The Kier molecular flexibility index (Phi) is 4.90. The van der Waals surface area contributed by atoms with Gasteiger partial charge in [0.05, 0.1) is 15.3 Å². The first-order chi connectivity index (χ1) is 11.0. The van der Waals surface area contributed by atoms with Crippen LogP contribution in [0.15, 0.2) is 41.6 Å². The van der Waals surface area contributed by atoms with Gasteiger partial charge in [-0.2, -0.15) is 0 Å². The third-order valence-corrected chi connectivity index (χ3v) is 5.08. The molecule has 1 aromatic carbocycles. The lowest BCUT2D eigenvalue weighted by Gasteiger charge is -2.16. The number of nitrogens with one attached hydrogen (secondary N) is 1. The number of thiophene rings is 1. The van der Waals surface area contributed by atoms with E-state index in [1.165, 1.54) is 11.3 Å². The minimum absolute atomic E-state index is 0.136. The van der Waals surface area contributed by atoms with Crippen molar-refractivity contribution in [2.24, 2.45) is 5.16 Å². The van der Waals surface area contributed by atoms with Crippen LogP contribution >= 0.6 is 34.5 Å². The van der Waals surface area contributed by atoms with E-state index in [2.05, 4.69) is 10.5 Å². The molecule has 120 valence electrons. The van der Waals surface area contributed by atoms with Crippen LogP contribution < -0.4 is 5.32 Å². The first kappa shape index (κ1) is 16.3. The van der Waals surface area contributed by atoms with E-state index in [1.54, 1.807) is 18.2 Å². The lowest BCUT2D eigenvalue weighted by molar-refractivity contribution is -0.131. The van der Waals surface area contributed by atoms with Gasteiger partial charge in [0.15, 0.2) is 0 Å². The highest BCUT2D eigenvalue weighted by molar-refractivity contribution is 7.18. The van der Waals surface area contributed by atoms with Crippen molar-refractivity contribution in [1.29, 1.82) is 0 Å². The summed E-state index contributed by atoms with van der Waals surface area (Å²) >= 11 is 13.2. The number of hydrogen-bond donors (Lipinski definition) is 1. The molecule has 1 aromatic heterocycles. The zero-order chi connectivity index (χ0) is 16.4. The van der Waals surface area contributed by atoms with Gasteiger partial charge in [-0.15, -0.1) is 11.3 Å². The smallest absolute Gasteiger partial charge is 0.264 e. The van der Waals surface area contributed by atoms with Crippen molar-refractivity contribution in [3.63, 3.8) is 0 Å². The average Bonchev–Trinajstić information content (AvgIpc) is 3.16. The number of hydrogen-bond acceptors (Lipinski definition) is 4. The summed E-state index contributed by atoms with van der Waals surface area (Å²) in [6.45, 7) is 1.91. The number of oxime groups is 1. The van der Waals surface area contributed by atoms with Crippen LogP contribution in [0.5, 0.6) is 0 Å². The maximum Gasteiger partial charge on any atom is 0.264 e. The Balaban J connectivity index is 1.58. The minimum atomic E-state index is -0.611. The van der Waals surface area contributed by atoms with E-state index >= 15 is 0 Å². The standard InChI is InChI=1S/C16H14Cl2N2O2S/c1-9(10-2-4-11(17)5-3-10)19-16(21)13-8-12(20-22-13)14-6-7-15(18)23-14/h2-7,9,13H,8H2,1H3,(H,19,21). The minimum Gasteiger partial charge on any atom is -0.382 e. The van der Waals surface area contributed by atoms with Crippen LogP contribution in [0, 0.1) is 0 Å². The molecule has 23 heavy (non-hydrogen) atoms. The average molecular weight is 369 g/mol. The molecule has 0 aliphatic carbocycles. The van der Waals surface area contributed by atoms with Gasteiger partial charge in [0, 0.05) is 11.4 Å². The second kappa shape index (κ2) is 6.91. The molecule has 1 amide bonds. The van der Waals surface area contributed by atoms with Crippen LogP contribution in [0.4, 0.5) is 0 Å². The van der Waals surface area contributed by atoms with Gasteiger partial charge in [0.25, 0.3) is 5.91 Å². The zero-order valence-electron chi connectivity index (χ0n) is 12.3. The van der Waals surface area contributed by atoms with Crippen molar-refractivity contribution in [1.82, 2.24) is 5.32 Å². The molecule has 0 saturated carbocycles. The van der Waals surface area contributed by atoms with Crippen molar-refractivity contribution >= 4 is 46.2 Å². The van der Waals surface area contributed by atoms with E-state index in [0.717, 1.165) is 16.2 Å². The monoisotopic (exact) mass is 368 g/mol. The topological polar surface area (TPSA) is 50.7 Å². The normalized spacial score (nSPS) is 18.2. The Labute approximate surface area is 148 Å². The highest BCUT2D eigenvalue weighted by atomic mass is 35.5. The predicted molar refractivity (Wildman–Crippen MR) is 93.4 cm³/mol. The summed E-state index contributed by atoms with van der Waals surface area (Å²) in [6.07, 6.45) is -0.170. The van der Waals surface area contributed by atoms with Crippen molar-refractivity contribution < 1.29 is 9.63 Å². The quantitative estimate of drug-likeness (QED) is 0.867. The van der Waals surface area contributed by atoms with Crippen molar-refractivity contribution in [3.05, 3.63) is 56.2 Å². The highest BCUT2D eigenvalue weighted by Crippen LogP contribution is 2.26. The van der Waals surface area contributed by atoms with E-state index in [1.807, 2.05) is 25.1 Å². The molecule has 2 unspecified atom stereocenters. The summed E-state index contributed by atoms with van der Waals surface area (Å²) in [5, 5.41) is 7.60. The van der Waals surface area contributed by atoms with Gasteiger partial charge in [-0.25, -0.2) is 0 Å². The Bertz CT molecular complexity index is 743. The fourth-order valence-corrected chi connectivity index (χ4v) is 3.43. The van der Waals surface area contributed by atoms with E-state index < -0.39 is 6.10 Å². The third-order valence-electron chi connectivity index (χ3n) is 3.55. The van der Waals surface area contributed by atoms with Crippen LogP contribution in [0.1, 0.15) is 29.8 Å². The first-order valence-corrected chi connectivity index (χ1v) is 8.64. The number of rotatable bonds is 4. The lowest BCUT2D eigenvalue weighted by atomic mass is 10.1. The summed E-state index contributed by atoms with van der Waals surface area (Å²) in [4.78, 5) is 18.5. The van der Waals surface area contributed by atoms with Gasteiger partial charge in [0.2, 0.25) is 6.10 Å². The number of nitrogens with zero attached hydrogens (tertiary/aromatic N) is 1. The molecule has 1 N–H and O–H groups in total. The number of benzene rings is 1. The van der Waals surface area contributed by atoms with E-state index in [4.69, 9.17) is 28.0 Å². The second-order valence-electron chi connectivity index (χ2n) is 5.22. The number of amides is 1. The van der Waals surface area contributed by atoms with Crippen LogP contribution in [0.3, 0.4) is 0 Å². The fourth-order valence-electron chi connectivity index (χ4n) is 2.27. The Morgan fingerprint density at radius 2 is 2.04 bits per heavy atom. The molecule has 0 saturated heterocycles. The lowest BCUT2D eigenvalue weighted by Crippen LogP contribution is -2.36. The van der Waals surface area contributed by atoms with Gasteiger partial charge in [-0.3, -0.25) is 4.79 Å². The molecule has 0 bridgehead atoms. The molecular formula is C16H14Cl2N2O2S. The van der Waals surface area contributed by atoms with E-state index in [-0.39, 0.29) is 11.9 Å². The number of carbonyl (C=O) groups excluding carboxylic acids is 1. The van der Waals surface area contributed by atoms with E-state index in [9.17, 15) is 4.79 Å². The molecule has 2 aromatic rings. The van der Waals surface area contributed by atoms with Crippen molar-refractivity contribution in [2.75, 3.05) is 0 Å². The summed E-state index contributed by atoms with van der Waals surface area (Å²) in [5.74, 6) is -0.186. The SMILES string of the molecule is CC(NC(=O)C1CC(c2ccc(Cl)s2)=NO1)c1ccc(Cl)cc1. The first-order valence-electron chi connectivity index (χ1n) is 7.07. The summed E-state index contributed by atoms with van der Waals surface area (Å²) in [5.41, 5.74) is 1.73. The van der Waals surface area contributed by atoms with Gasteiger partial charge in [0.1, 0.15) is 5.71 Å². The van der Waals surface area contributed by atoms with Gasteiger partial charge in [-0.1, -0.05) is 40.5 Å². The predicted octanol–water partition coefficient (Wildman–Crippen LogP) is 4.43. The molecule has 2 heterocycles. The van der Waals surface area contributed by atoms with Gasteiger partial charge in [-0.05, 0) is 36.8 Å². The van der Waals surface area contributed by atoms with Crippen LogP contribution in [-0.2, 0) is 9.63 Å². The van der Waals surface area contributed by atoms with Crippen LogP contribution in [0.2, 0.25) is 9.36 Å². The summed E-state index contributed by atoms with van der Waals surface area (Å²) in [7, 11) is 0. The number of carbonyl (C=O) groups is 1. The maximum atomic E-state index is 12.3. The molecule has 3 rings (SSSR count). The van der Waals surface area contributed by atoms with E-state index in [0.29, 0.717) is 15.8 Å². The molecule has 7 heteroatoms. The molecule has 1 aliphatic rings. The highest BCUT2D eigenvalue weighted by Gasteiger charge is 2.30. The Morgan fingerprint density at radius 1 is 1.30 bits per heavy atom. The largest absolute Gasteiger partial charge is 0.382 e. The molecular weight excluding hydrogens is 355 g/mol. The van der Waals surface area contributed by atoms with Crippen LogP contribution in [0.25, 0.3) is 0 Å². The van der Waals surface area contributed by atoms with Crippen molar-refractivity contribution in [3.8, 4) is 0 Å². The maximum absolute atomic E-state index is 12.3. The zero-order valence-corrected chi connectivity index (χ0v) is 14.6. The Morgan fingerprint density at radius 3 is 2.70 bits per heavy atom. The molecule has 4 nitrogen and oxygen atoms in total. The molecule has 2 atom stereocenters. The molecule has 0 fully saturated rings. The van der Waals surface area contributed by atoms with Gasteiger partial charge >= 0.3 is 0 Å². The number of halogens is 2. The third kappa shape index (κ3) is 3.86. The van der Waals surface area contributed by atoms with Gasteiger partial charge < -0.3 is 10.2 Å². The summed E-state index contributed by atoms with van der Waals surface area (Å²) < 4.78 is 0.687. The summed E-state index contributed by atoms with van der Waals surface area (Å²) in [6, 6.07) is 10.9.